The Bertz CT molecular complexity index is 1100. The molecule has 0 aliphatic rings. The van der Waals surface area contributed by atoms with Crippen LogP contribution in [-0.2, 0) is 0 Å². The van der Waals surface area contributed by atoms with Crippen LogP contribution in [0.2, 0.25) is 0 Å². The molecule has 0 bridgehead atoms. The van der Waals surface area contributed by atoms with Crippen molar-refractivity contribution in [1.82, 2.24) is 4.98 Å². The molecule has 4 rings (SSSR count). The molecule has 0 atom stereocenters. The molecule has 2 heterocycles. The highest BCUT2D eigenvalue weighted by molar-refractivity contribution is 5.75. The fourth-order valence-electron chi connectivity index (χ4n) is 2.93. The Morgan fingerprint density at radius 1 is 0.815 bits per heavy atom. The molecule has 5 heteroatoms. The van der Waals surface area contributed by atoms with Crippen LogP contribution in [0.3, 0.4) is 0 Å². The fourth-order valence-corrected chi connectivity index (χ4v) is 2.93. The lowest BCUT2D eigenvalue weighted by atomic mass is 10.0. The van der Waals surface area contributed by atoms with Gasteiger partial charge in [-0.15, -0.1) is 0 Å². The largest absolute Gasteiger partial charge is 0.460 e. The Morgan fingerprint density at radius 2 is 1.52 bits per heavy atom. The molecule has 0 saturated carbocycles. The number of nitro benzene ring substituents is 1. The van der Waals surface area contributed by atoms with Gasteiger partial charge in [0.2, 0.25) is 0 Å². The summed E-state index contributed by atoms with van der Waals surface area (Å²) in [6.07, 6.45) is 0. The van der Waals surface area contributed by atoms with Crippen LogP contribution >= 0.6 is 0 Å². The first-order valence-corrected chi connectivity index (χ1v) is 8.49. The molecule has 0 radical (unpaired) electrons. The summed E-state index contributed by atoms with van der Waals surface area (Å²) in [5, 5.41) is 10.9. The van der Waals surface area contributed by atoms with E-state index in [1.54, 1.807) is 12.1 Å². The average Bonchev–Trinajstić information content (AvgIpc) is 3.15. The number of aryl methyl sites for hydroxylation is 1. The van der Waals surface area contributed by atoms with Crippen LogP contribution in [0, 0.1) is 17.0 Å². The van der Waals surface area contributed by atoms with E-state index in [1.165, 1.54) is 12.1 Å². The molecule has 0 aliphatic carbocycles. The fraction of sp³-hybridized carbons (Fsp3) is 0.0455. The maximum Gasteiger partial charge on any atom is 0.269 e. The lowest BCUT2D eigenvalue weighted by Crippen LogP contribution is -1.91. The third-order valence-electron chi connectivity index (χ3n) is 4.30. The zero-order chi connectivity index (χ0) is 18.8. The normalized spacial score (nSPS) is 10.7. The summed E-state index contributed by atoms with van der Waals surface area (Å²) in [6.45, 7) is 1.89. The molecular weight excluding hydrogens is 340 g/mol. The van der Waals surface area contributed by atoms with Gasteiger partial charge in [0, 0.05) is 17.7 Å². The maximum atomic E-state index is 10.9. The summed E-state index contributed by atoms with van der Waals surface area (Å²) in [7, 11) is 0. The highest BCUT2D eigenvalue weighted by Crippen LogP contribution is 2.31. The van der Waals surface area contributed by atoms with Crippen molar-refractivity contribution >= 4 is 5.69 Å². The monoisotopic (exact) mass is 356 g/mol. The predicted octanol–water partition coefficient (Wildman–Crippen LogP) is 5.89. The van der Waals surface area contributed by atoms with Crippen LogP contribution in [0.1, 0.15) is 5.76 Å². The highest BCUT2D eigenvalue weighted by Gasteiger charge is 2.12. The van der Waals surface area contributed by atoms with E-state index < -0.39 is 4.92 Å². The predicted molar refractivity (Wildman–Crippen MR) is 104 cm³/mol. The van der Waals surface area contributed by atoms with Gasteiger partial charge in [-0.3, -0.25) is 10.1 Å². The minimum Gasteiger partial charge on any atom is -0.460 e. The van der Waals surface area contributed by atoms with Crippen LogP contribution in [0.25, 0.3) is 33.8 Å². The average molecular weight is 356 g/mol. The number of benzene rings is 2. The van der Waals surface area contributed by atoms with E-state index >= 15 is 0 Å². The van der Waals surface area contributed by atoms with Gasteiger partial charge in [-0.05, 0) is 54.4 Å². The van der Waals surface area contributed by atoms with Crippen LogP contribution in [0.15, 0.2) is 83.3 Å². The molecule has 2 aromatic heterocycles. The molecule has 0 aliphatic heterocycles. The lowest BCUT2D eigenvalue weighted by molar-refractivity contribution is -0.384. The van der Waals surface area contributed by atoms with Gasteiger partial charge >= 0.3 is 0 Å². The van der Waals surface area contributed by atoms with Gasteiger partial charge in [0.25, 0.3) is 5.69 Å². The second kappa shape index (κ2) is 6.88. The topological polar surface area (TPSA) is 69.2 Å². The second-order valence-corrected chi connectivity index (χ2v) is 6.21. The molecule has 0 fully saturated rings. The minimum absolute atomic E-state index is 0.0554. The number of non-ortho nitro benzene ring substituents is 1. The third kappa shape index (κ3) is 3.48. The Hall–Kier alpha value is -3.73. The van der Waals surface area contributed by atoms with Crippen molar-refractivity contribution in [1.29, 1.82) is 0 Å². The highest BCUT2D eigenvalue weighted by atomic mass is 16.6. The lowest BCUT2D eigenvalue weighted by Gasteiger charge is -2.09. The van der Waals surface area contributed by atoms with Gasteiger partial charge in [0.1, 0.15) is 11.5 Å². The van der Waals surface area contributed by atoms with Crippen molar-refractivity contribution in [2.45, 2.75) is 6.92 Å². The van der Waals surface area contributed by atoms with Crippen molar-refractivity contribution in [3.05, 3.63) is 94.7 Å². The standard InChI is InChI=1S/C22H16N2O3/c1-15-7-12-22(27-15)21-14-18(16-5-3-2-4-6-16)13-20(23-21)17-8-10-19(11-9-17)24(25)26/h2-14H,1H3. The molecule has 4 aromatic rings. The Balaban J connectivity index is 1.86. The molecule has 2 aromatic carbocycles. The molecule has 27 heavy (non-hydrogen) atoms. The first kappa shape index (κ1) is 16.7. The van der Waals surface area contributed by atoms with Crippen molar-refractivity contribution in [3.8, 4) is 33.8 Å². The Morgan fingerprint density at radius 3 is 2.15 bits per heavy atom. The molecule has 0 spiro atoms. The number of nitrogens with zero attached hydrogens (tertiary/aromatic N) is 2. The summed E-state index contributed by atoms with van der Waals surface area (Å²) < 4.78 is 5.75. The van der Waals surface area contributed by atoms with Gasteiger partial charge in [-0.25, -0.2) is 4.98 Å². The van der Waals surface area contributed by atoms with E-state index in [2.05, 4.69) is 0 Å². The molecule has 0 unspecified atom stereocenters. The minimum atomic E-state index is -0.408. The van der Waals surface area contributed by atoms with E-state index in [4.69, 9.17) is 9.40 Å². The van der Waals surface area contributed by atoms with E-state index in [0.29, 0.717) is 5.76 Å². The maximum absolute atomic E-state index is 10.9. The third-order valence-corrected chi connectivity index (χ3v) is 4.30. The van der Waals surface area contributed by atoms with Crippen LogP contribution in [0.4, 0.5) is 5.69 Å². The number of nitro groups is 1. The van der Waals surface area contributed by atoms with Crippen LogP contribution in [-0.4, -0.2) is 9.91 Å². The van der Waals surface area contributed by atoms with Gasteiger partial charge in [-0.1, -0.05) is 30.3 Å². The first-order chi connectivity index (χ1) is 13.1. The van der Waals surface area contributed by atoms with E-state index in [1.807, 2.05) is 61.5 Å². The number of aromatic nitrogens is 1. The number of pyridine rings is 1. The molecule has 0 N–H and O–H groups in total. The summed E-state index contributed by atoms with van der Waals surface area (Å²) >= 11 is 0. The second-order valence-electron chi connectivity index (χ2n) is 6.21. The van der Waals surface area contributed by atoms with Gasteiger partial charge in [0.05, 0.1) is 10.6 Å². The molecular formula is C22H16N2O3. The molecule has 132 valence electrons. The van der Waals surface area contributed by atoms with Gasteiger partial charge in [0.15, 0.2) is 5.76 Å². The summed E-state index contributed by atoms with van der Waals surface area (Å²) in [5.74, 6) is 1.50. The number of furan rings is 1. The zero-order valence-corrected chi connectivity index (χ0v) is 14.6. The summed E-state index contributed by atoms with van der Waals surface area (Å²) in [5.41, 5.74) is 4.38. The number of hydrogen-bond donors (Lipinski definition) is 0. The van der Waals surface area contributed by atoms with E-state index in [9.17, 15) is 10.1 Å². The van der Waals surface area contributed by atoms with E-state index in [0.717, 1.165) is 33.8 Å². The van der Waals surface area contributed by atoms with Crippen LogP contribution < -0.4 is 0 Å². The van der Waals surface area contributed by atoms with Gasteiger partial charge < -0.3 is 4.42 Å². The van der Waals surface area contributed by atoms with E-state index in [-0.39, 0.29) is 5.69 Å². The van der Waals surface area contributed by atoms with Gasteiger partial charge in [-0.2, -0.15) is 0 Å². The quantitative estimate of drug-likeness (QED) is 0.337. The van der Waals surface area contributed by atoms with Crippen molar-refractivity contribution < 1.29 is 9.34 Å². The van der Waals surface area contributed by atoms with Crippen molar-refractivity contribution in [3.63, 3.8) is 0 Å². The Labute approximate surface area is 156 Å². The number of rotatable bonds is 4. The smallest absolute Gasteiger partial charge is 0.269 e. The number of hydrogen-bond acceptors (Lipinski definition) is 4. The van der Waals surface area contributed by atoms with Crippen molar-refractivity contribution in [2.75, 3.05) is 0 Å². The zero-order valence-electron chi connectivity index (χ0n) is 14.6. The molecule has 0 saturated heterocycles. The molecule has 5 nitrogen and oxygen atoms in total. The van der Waals surface area contributed by atoms with Crippen LogP contribution in [0.5, 0.6) is 0 Å². The molecule has 0 amide bonds. The first-order valence-electron chi connectivity index (χ1n) is 8.49. The summed E-state index contributed by atoms with van der Waals surface area (Å²) in [6, 6.07) is 24.2. The SMILES string of the molecule is Cc1ccc(-c2cc(-c3ccccc3)cc(-c3ccc([N+](=O)[O-])cc3)n2)o1. The Kier molecular flexibility index (Phi) is 4.26. The van der Waals surface area contributed by atoms with Crippen molar-refractivity contribution in [2.24, 2.45) is 0 Å². The summed E-state index contributed by atoms with van der Waals surface area (Å²) in [4.78, 5) is 15.2.